The van der Waals surface area contributed by atoms with Crippen molar-refractivity contribution >= 4 is 16.9 Å². The Morgan fingerprint density at radius 1 is 1.25 bits per heavy atom. The lowest BCUT2D eigenvalue weighted by molar-refractivity contribution is 0.375. The van der Waals surface area contributed by atoms with Crippen LogP contribution in [-0.4, -0.2) is 29.6 Å². The molecule has 4 heteroatoms. The van der Waals surface area contributed by atoms with Crippen molar-refractivity contribution < 1.29 is 0 Å². The van der Waals surface area contributed by atoms with Gasteiger partial charge in [-0.05, 0) is 24.4 Å². The van der Waals surface area contributed by atoms with Gasteiger partial charge in [0.2, 0.25) is 5.95 Å². The van der Waals surface area contributed by atoms with E-state index in [0.717, 1.165) is 36.4 Å². The maximum atomic E-state index is 5.85. The molecule has 0 spiro atoms. The highest BCUT2D eigenvalue weighted by Gasteiger charge is 2.21. The molecular formula is C16H24N4. The molecule has 2 rings (SSSR count). The van der Waals surface area contributed by atoms with Crippen LogP contribution in [0.25, 0.3) is 10.9 Å². The molecule has 1 aromatic heterocycles. The third kappa shape index (κ3) is 3.45. The zero-order chi connectivity index (χ0) is 14.6. The van der Waals surface area contributed by atoms with Crippen LogP contribution in [0.3, 0.4) is 0 Å². The number of rotatable bonds is 6. The number of para-hydroxylation sites is 1. The molecule has 0 fully saturated rings. The van der Waals surface area contributed by atoms with Gasteiger partial charge in [-0.3, -0.25) is 0 Å². The Hall–Kier alpha value is -1.68. The van der Waals surface area contributed by atoms with Gasteiger partial charge in [-0.25, -0.2) is 9.97 Å². The van der Waals surface area contributed by atoms with E-state index in [4.69, 9.17) is 5.73 Å². The van der Waals surface area contributed by atoms with Crippen LogP contribution in [0.2, 0.25) is 0 Å². The number of nitrogens with two attached hydrogens (primary N) is 1. The fourth-order valence-corrected chi connectivity index (χ4v) is 2.22. The zero-order valence-corrected chi connectivity index (χ0v) is 12.6. The molecule has 0 amide bonds. The van der Waals surface area contributed by atoms with Crippen molar-refractivity contribution in [1.82, 2.24) is 9.97 Å². The molecule has 0 saturated heterocycles. The van der Waals surface area contributed by atoms with Gasteiger partial charge in [0, 0.05) is 24.7 Å². The van der Waals surface area contributed by atoms with Crippen molar-refractivity contribution in [2.75, 3.05) is 24.5 Å². The number of hydrogen-bond acceptors (Lipinski definition) is 4. The zero-order valence-electron chi connectivity index (χ0n) is 12.6. The molecule has 0 atom stereocenters. The number of nitrogens with zero attached hydrogens (tertiary/aromatic N) is 3. The van der Waals surface area contributed by atoms with Gasteiger partial charge in [0.15, 0.2) is 0 Å². The second-order valence-corrected chi connectivity index (χ2v) is 6.02. The first-order chi connectivity index (χ1) is 9.55. The van der Waals surface area contributed by atoms with Crippen LogP contribution in [0.4, 0.5) is 5.95 Å². The van der Waals surface area contributed by atoms with Crippen molar-refractivity contribution in [2.45, 2.75) is 27.2 Å². The van der Waals surface area contributed by atoms with Gasteiger partial charge >= 0.3 is 0 Å². The number of anilines is 1. The maximum absolute atomic E-state index is 5.85. The summed E-state index contributed by atoms with van der Waals surface area (Å²) in [5.41, 5.74) is 6.90. The Bertz CT molecular complexity index is 565. The third-order valence-electron chi connectivity index (χ3n) is 3.42. The van der Waals surface area contributed by atoms with E-state index in [-0.39, 0.29) is 5.41 Å². The summed E-state index contributed by atoms with van der Waals surface area (Å²) in [6.07, 6.45) is 2.96. The summed E-state index contributed by atoms with van der Waals surface area (Å²) in [5.74, 6) is 0.798. The first kappa shape index (κ1) is 14.7. The topological polar surface area (TPSA) is 55.0 Å². The molecular weight excluding hydrogens is 248 g/mol. The monoisotopic (exact) mass is 272 g/mol. The summed E-state index contributed by atoms with van der Waals surface area (Å²) < 4.78 is 0. The summed E-state index contributed by atoms with van der Waals surface area (Å²) in [6.45, 7) is 9.00. The third-order valence-corrected chi connectivity index (χ3v) is 3.42. The molecule has 2 aromatic rings. The Kier molecular flexibility index (Phi) is 4.55. The van der Waals surface area contributed by atoms with Crippen LogP contribution in [0, 0.1) is 5.41 Å². The van der Waals surface area contributed by atoms with Crippen molar-refractivity contribution in [3.05, 3.63) is 30.5 Å². The van der Waals surface area contributed by atoms with E-state index < -0.39 is 0 Å². The van der Waals surface area contributed by atoms with Crippen molar-refractivity contribution in [2.24, 2.45) is 11.1 Å². The summed E-state index contributed by atoms with van der Waals surface area (Å²) in [4.78, 5) is 11.4. The first-order valence-corrected chi connectivity index (χ1v) is 7.22. The molecule has 0 aliphatic heterocycles. The number of fused-ring (bicyclic) bond motifs is 1. The molecule has 1 aromatic carbocycles. The van der Waals surface area contributed by atoms with Gasteiger partial charge in [0.05, 0.1) is 5.52 Å². The molecule has 0 radical (unpaired) electrons. The van der Waals surface area contributed by atoms with Crippen LogP contribution in [0.1, 0.15) is 27.2 Å². The minimum Gasteiger partial charge on any atom is -0.340 e. The van der Waals surface area contributed by atoms with Crippen molar-refractivity contribution in [1.29, 1.82) is 0 Å². The lowest BCUT2D eigenvalue weighted by Gasteiger charge is -2.31. The van der Waals surface area contributed by atoms with Crippen LogP contribution < -0.4 is 10.6 Å². The van der Waals surface area contributed by atoms with Crippen molar-refractivity contribution in [3.8, 4) is 0 Å². The highest BCUT2D eigenvalue weighted by atomic mass is 15.2. The molecule has 0 saturated carbocycles. The Morgan fingerprint density at radius 3 is 2.70 bits per heavy atom. The van der Waals surface area contributed by atoms with E-state index in [1.165, 1.54) is 0 Å². The molecule has 1 heterocycles. The van der Waals surface area contributed by atoms with E-state index in [0.29, 0.717) is 6.54 Å². The molecule has 0 bridgehead atoms. The summed E-state index contributed by atoms with van der Waals surface area (Å²) in [5, 5.41) is 1.07. The standard InChI is InChI=1S/C16H24N4/c1-4-9-20(12-16(2,3)11-17)15-18-10-13-7-5-6-8-14(13)19-15/h5-8,10H,4,9,11-12,17H2,1-3H3. The van der Waals surface area contributed by atoms with Gasteiger partial charge in [0.1, 0.15) is 0 Å². The normalized spacial score (nSPS) is 11.8. The molecule has 20 heavy (non-hydrogen) atoms. The number of aromatic nitrogens is 2. The van der Waals surface area contributed by atoms with Crippen molar-refractivity contribution in [3.63, 3.8) is 0 Å². The Labute approximate surface area is 121 Å². The highest BCUT2D eigenvalue weighted by molar-refractivity contribution is 5.78. The molecule has 0 aliphatic rings. The molecule has 0 aliphatic carbocycles. The average molecular weight is 272 g/mol. The minimum absolute atomic E-state index is 0.0597. The average Bonchev–Trinajstić information content (AvgIpc) is 2.46. The lowest BCUT2D eigenvalue weighted by atomic mass is 9.93. The van der Waals surface area contributed by atoms with Crippen LogP contribution in [0.15, 0.2) is 30.5 Å². The van der Waals surface area contributed by atoms with E-state index >= 15 is 0 Å². The summed E-state index contributed by atoms with van der Waals surface area (Å²) in [6, 6.07) is 8.08. The summed E-state index contributed by atoms with van der Waals surface area (Å²) in [7, 11) is 0. The largest absolute Gasteiger partial charge is 0.340 e. The van der Waals surface area contributed by atoms with E-state index in [1.807, 2.05) is 30.5 Å². The Morgan fingerprint density at radius 2 is 2.00 bits per heavy atom. The van der Waals surface area contributed by atoms with Crippen LogP contribution >= 0.6 is 0 Å². The lowest BCUT2D eigenvalue weighted by Crippen LogP contribution is -2.40. The predicted molar refractivity (Wildman–Crippen MR) is 84.9 cm³/mol. The Balaban J connectivity index is 2.31. The van der Waals surface area contributed by atoms with Gasteiger partial charge in [-0.15, -0.1) is 0 Å². The molecule has 0 unspecified atom stereocenters. The van der Waals surface area contributed by atoms with Gasteiger partial charge in [0.25, 0.3) is 0 Å². The maximum Gasteiger partial charge on any atom is 0.225 e. The molecule has 4 nitrogen and oxygen atoms in total. The van der Waals surface area contributed by atoms with Gasteiger partial charge in [-0.2, -0.15) is 0 Å². The van der Waals surface area contributed by atoms with Gasteiger partial charge in [-0.1, -0.05) is 39.0 Å². The minimum atomic E-state index is 0.0597. The second kappa shape index (κ2) is 6.18. The summed E-state index contributed by atoms with van der Waals surface area (Å²) >= 11 is 0. The van der Waals surface area contributed by atoms with E-state index in [1.54, 1.807) is 0 Å². The quantitative estimate of drug-likeness (QED) is 0.878. The SMILES string of the molecule is CCCN(CC(C)(C)CN)c1ncc2ccccc2n1. The highest BCUT2D eigenvalue weighted by Crippen LogP contribution is 2.20. The van der Waals surface area contributed by atoms with Crippen LogP contribution in [0.5, 0.6) is 0 Å². The van der Waals surface area contributed by atoms with E-state index in [9.17, 15) is 0 Å². The van der Waals surface area contributed by atoms with E-state index in [2.05, 4.69) is 35.6 Å². The van der Waals surface area contributed by atoms with Gasteiger partial charge < -0.3 is 10.6 Å². The fraction of sp³-hybridized carbons (Fsp3) is 0.500. The fourth-order valence-electron chi connectivity index (χ4n) is 2.22. The number of benzene rings is 1. The molecule has 108 valence electrons. The second-order valence-electron chi connectivity index (χ2n) is 6.02. The number of hydrogen-bond donors (Lipinski definition) is 1. The smallest absolute Gasteiger partial charge is 0.225 e. The van der Waals surface area contributed by atoms with Crippen LogP contribution in [-0.2, 0) is 0 Å². The first-order valence-electron chi connectivity index (χ1n) is 7.22. The molecule has 2 N–H and O–H groups in total. The predicted octanol–water partition coefficient (Wildman–Crippen LogP) is 2.83.